The zero-order valence-corrected chi connectivity index (χ0v) is 14.7. The van der Waals surface area contributed by atoms with Crippen LogP contribution in [0.5, 0.6) is 0 Å². The van der Waals surface area contributed by atoms with Crippen LogP contribution in [0.15, 0.2) is 60.0 Å². The number of piperidine rings is 1. The largest absolute Gasteiger partial charge is 0.329 e. The van der Waals surface area contributed by atoms with Gasteiger partial charge in [0.15, 0.2) is 0 Å². The number of benzene rings is 1. The Labute approximate surface area is 152 Å². The number of hydrogen-bond donors (Lipinski definition) is 1. The quantitative estimate of drug-likeness (QED) is 0.768. The Morgan fingerprint density at radius 1 is 1.19 bits per heavy atom. The molecule has 1 aromatic carbocycles. The van der Waals surface area contributed by atoms with E-state index in [1.54, 1.807) is 6.07 Å². The van der Waals surface area contributed by atoms with Gasteiger partial charge in [-0.05, 0) is 24.9 Å². The highest BCUT2D eigenvalue weighted by Gasteiger charge is 2.23. The highest BCUT2D eigenvalue weighted by molar-refractivity contribution is 5.16. The maximum absolute atomic E-state index is 11.6. The van der Waals surface area contributed by atoms with Gasteiger partial charge in [-0.1, -0.05) is 30.3 Å². The van der Waals surface area contributed by atoms with Crippen molar-refractivity contribution >= 4 is 0 Å². The van der Waals surface area contributed by atoms with E-state index in [9.17, 15) is 4.79 Å². The van der Waals surface area contributed by atoms with Gasteiger partial charge in [-0.3, -0.25) is 9.69 Å². The molecule has 0 aliphatic carbocycles. The second-order valence-electron chi connectivity index (χ2n) is 6.91. The minimum Gasteiger partial charge on any atom is -0.329 e. The van der Waals surface area contributed by atoms with Crippen molar-refractivity contribution in [2.45, 2.75) is 31.8 Å². The molecule has 0 bridgehead atoms. The number of aromatic nitrogens is 4. The van der Waals surface area contributed by atoms with Crippen LogP contribution >= 0.6 is 0 Å². The average Bonchev–Trinajstić information content (AvgIpc) is 3.09. The molecule has 0 unspecified atom stereocenters. The predicted octanol–water partition coefficient (Wildman–Crippen LogP) is 2.39. The Balaban J connectivity index is 1.44. The zero-order chi connectivity index (χ0) is 17.8. The van der Waals surface area contributed by atoms with Gasteiger partial charge < -0.3 is 9.55 Å². The maximum atomic E-state index is 11.6. The van der Waals surface area contributed by atoms with Gasteiger partial charge in [-0.2, -0.15) is 0 Å². The Hall–Kier alpha value is -2.73. The number of nitrogens with zero attached hydrogens (tertiary/aromatic N) is 4. The van der Waals surface area contributed by atoms with Crippen LogP contribution in [0, 0.1) is 0 Å². The molecule has 2 aromatic heterocycles. The number of nitrogens with one attached hydrogen (secondary N) is 1. The van der Waals surface area contributed by atoms with E-state index in [-0.39, 0.29) is 5.56 Å². The third kappa shape index (κ3) is 3.91. The van der Waals surface area contributed by atoms with E-state index in [1.165, 1.54) is 17.6 Å². The first-order chi connectivity index (χ1) is 12.8. The highest BCUT2D eigenvalue weighted by Crippen LogP contribution is 2.25. The summed E-state index contributed by atoms with van der Waals surface area (Å²) >= 11 is 0. The van der Waals surface area contributed by atoms with Crippen molar-refractivity contribution in [1.29, 1.82) is 0 Å². The molecule has 1 atom stereocenters. The molecular formula is C20H23N5O. The van der Waals surface area contributed by atoms with Gasteiger partial charge in [0, 0.05) is 37.8 Å². The lowest BCUT2D eigenvalue weighted by molar-refractivity contribution is 0.194. The lowest BCUT2D eigenvalue weighted by atomic mass is 9.94. The van der Waals surface area contributed by atoms with Crippen LogP contribution in [0.25, 0.3) is 0 Å². The van der Waals surface area contributed by atoms with Gasteiger partial charge in [-0.15, -0.1) is 0 Å². The van der Waals surface area contributed by atoms with Crippen LogP contribution < -0.4 is 5.56 Å². The van der Waals surface area contributed by atoms with Crippen LogP contribution in [0.1, 0.15) is 35.7 Å². The Bertz CT molecular complexity index is 902. The summed E-state index contributed by atoms with van der Waals surface area (Å²) in [5.74, 6) is 0.316. The first-order valence-corrected chi connectivity index (χ1v) is 9.08. The summed E-state index contributed by atoms with van der Waals surface area (Å²) in [5.41, 5.74) is 3.31. The molecule has 1 saturated heterocycles. The highest BCUT2D eigenvalue weighted by atomic mass is 16.1. The fraction of sp³-hybridized carbons (Fsp3) is 0.350. The SMILES string of the molecule is O=c1cc([C@@H]2CCCN(Cc3cncn3Cc3ccccc3)C2)nc[nH]1. The van der Waals surface area contributed by atoms with E-state index in [4.69, 9.17) is 0 Å². The van der Waals surface area contributed by atoms with Crippen molar-refractivity contribution in [2.75, 3.05) is 13.1 Å². The molecule has 3 heterocycles. The molecule has 1 aliphatic rings. The van der Waals surface area contributed by atoms with Crippen molar-refractivity contribution in [3.05, 3.63) is 82.6 Å². The number of rotatable bonds is 5. The van der Waals surface area contributed by atoms with Gasteiger partial charge in [0.1, 0.15) is 0 Å². The second kappa shape index (κ2) is 7.66. The summed E-state index contributed by atoms with van der Waals surface area (Å²) in [6.45, 7) is 3.69. The normalized spacial score (nSPS) is 18.1. The minimum atomic E-state index is -0.0759. The van der Waals surface area contributed by atoms with E-state index in [2.05, 4.69) is 48.7 Å². The number of likely N-dealkylation sites (tertiary alicyclic amines) is 1. The molecule has 1 N–H and O–H groups in total. The summed E-state index contributed by atoms with van der Waals surface area (Å²) < 4.78 is 2.21. The summed E-state index contributed by atoms with van der Waals surface area (Å²) in [7, 11) is 0. The Morgan fingerprint density at radius 2 is 2.08 bits per heavy atom. The van der Waals surface area contributed by atoms with E-state index in [0.29, 0.717) is 5.92 Å². The first kappa shape index (κ1) is 16.7. The molecular weight excluding hydrogens is 326 g/mol. The van der Waals surface area contributed by atoms with Gasteiger partial charge in [-0.25, -0.2) is 9.97 Å². The molecule has 0 radical (unpaired) electrons. The van der Waals surface area contributed by atoms with Crippen LogP contribution in [0.2, 0.25) is 0 Å². The lowest BCUT2D eigenvalue weighted by Gasteiger charge is -2.32. The van der Waals surface area contributed by atoms with E-state index in [1.807, 2.05) is 18.6 Å². The first-order valence-electron chi connectivity index (χ1n) is 9.08. The molecule has 1 fully saturated rings. The number of H-pyrrole nitrogens is 1. The minimum absolute atomic E-state index is 0.0759. The average molecular weight is 349 g/mol. The predicted molar refractivity (Wildman–Crippen MR) is 99.9 cm³/mol. The van der Waals surface area contributed by atoms with E-state index < -0.39 is 0 Å². The Kier molecular flexibility index (Phi) is 4.93. The van der Waals surface area contributed by atoms with Gasteiger partial charge in [0.25, 0.3) is 5.56 Å². The van der Waals surface area contributed by atoms with E-state index in [0.717, 1.165) is 44.7 Å². The number of aromatic amines is 1. The standard InChI is InChI=1S/C20H23N5O/c26-20-9-19(22-14-23-20)17-7-4-8-24(12-17)13-18-10-21-15-25(18)11-16-5-2-1-3-6-16/h1-3,5-6,9-10,14-15,17H,4,7-8,11-13H2,(H,22,23,26)/t17-/m1/s1. The molecule has 0 amide bonds. The number of imidazole rings is 1. The fourth-order valence-corrected chi connectivity index (χ4v) is 3.68. The molecule has 3 aromatic rings. The summed E-state index contributed by atoms with van der Waals surface area (Å²) in [5, 5.41) is 0. The van der Waals surface area contributed by atoms with E-state index >= 15 is 0 Å². The zero-order valence-electron chi connectivity index (χ0n) is 14.7. The summed E-state index contributed by atoms with van der Waals surface area (Å²) in [4.78, 5) is 25.3. The van der Waals surface area contributed by atoms with Crippen LogP contribution in [-0.4, -0.2) is 37.5 Å². The van der Waals surface area contributed by atoms with Crippen molar-refractivity contribution in [1.82, 2.24) is 24.4 Å². The molecule has 134 valence electrons. The van der Waals surface area contributed by atoms with Crippen molar-refractivity contribution in [2.24, 2.45) is 0 Å². The third-order valence-electron chi connectivity index (χ3n) is 5.00. The Morgan fingerprint density at radius 3 is 2.92 bits per heavy atom. The van der Waals surface area contributed by atoms with Crippen LogP contribution in [0.4, 0.5) is 0 Å². The molecule has 26 heavy (non-hydrogen) atoms. The number of hydrogen-bond acceptors (Lipinski definition) is 4. The molecule has 0 saturated carbocycles. The molecule has 4 rings (SSSR count). The maximum Gasteiger partial charge on any atom is 0.250 e. The van der Waals surface area contributed by atoms with Crippen LogP contribution in [0.3, 0.4) is 0 Å². The van der Waals surface area contributed by atoms with Crippen molar-refractivity contribution < 1.29 is 0 Å². The fourth-order valence-electron chi connectivity index (χ4n) is 3.68. The van der Waals surface area contributed by atoms with Gasteiger partial charge in [0.2, 0.25) is 0 Å². The molecule has 0 spiro atoms. The summed E-state index contributed by atoms with van der Waals surface area (Å²) in [6.07, 6.45) is 7.56. The van der Waals surface area contributed by atoms with Crippen molar-refractivity contribution in [3.8, 4) is 0 Å². The van der Waals surface area contributed by atoms with Gasteiger partial charge >= 0.3 is 0 Å². The summed E-state index contributed by atoms with van der Waals surface area (Å²) in [6, 6.07) is 12.1. The van der Waals surface area contributed by atoms with Gasteiger partial charge in [0.05, 0.1) is 24.0 Å². The van der Waals surface area contributed by atoms with Crippen molar-refractivity contribution in [3.63, 3.8) is 0 Å². The monoisotopic (exact) mass is 349 g/mol. The molecule has 1 aliphatic heterocycles. The second-order valence-corrected chi connectivity index (χ2v) is 6.91. The molecule has 6 heteroatoms. The smallest absolute Gasteiger partial charge is 0.250 e. The molecule has 6 nitrogen and oxygen atoms in total. The third-order valence-corrected chi connectivity index (χ3v) is 5.00. The lowest BCUT2D eigenvalue weighted by Crippen LogP contribution is -2.35. The van der Waals surface area contributed by atoms with Crippen LogP contribution in [-0.2, 0) is 13.1 Å². The topological polar surface area (TPSA) is 66.8 Å².